The van der Waals surface area contributed by atoms with Crippen LogP contribution in [0, 0.1) is 0 Å². The number of methoxy groups -OCH3 is 2. The van der Waals surface area contributed by atoms with Gasteiger partial charge in [0, 0.05) is 24.3 Å². The molecule has 0 aliphatic heterocycles. The minimum absolute atomic E-state index is 0.180. The van der Waals surface area contributed by atoms with Gasteiger partial charge in [0.1, 0.15) is 11.5 Å². The molecule has 0 heterocycles. The van der Waals surface area contributed by atoms with Crippen LogP contribution in [0.4, 0.5) is 0 Å². The first-order chi connectivity index (χ1) is 11.4. The molecule has 0 spiro atoms. The van der Waals surface area contributed by atoms with Crippen molar-refractivity contribution in [3.63, 3.8) is 0 Å². The molecular weight excluding hydrogens is 320 g/mol. The number of hydrogen-bond acceptors (Lipinski definition) is 8. The predicted octanol–water partition coefficient (Wildman–Crippen LogP) is 0.956. The topological polar surface area (TPSA) is 105 Å². The average Bonchev–Trinajstić information content (AvgIpc) is 2.59. The van der Waals surface area contributed by atoms with Crippen LogP contribution in [-0.2, 0) is 28.7 Å². The van der Waals surface area contributed by atoms with Crippen molar-refractivity contribution in [1.82, 2.24) is 0 Å². The third kappa shape index (κ3) is 7.03. The zero-order valence-electron chi connectivity index (χ0n) is 12.9. The van der Waals surface area contributed by atoms with Gasteiger partial charge in [0.15, 0.2) is 0 Å². The molecule has 1 aromatic rings. The quantitative estimate of drug-likeness (QED) is 0.430. The summed E-state index contributed by atoms with van der Waals surface area (Å²) in [5, 5.41) is 0. The summed E-state index contributed by atoms with van der Waals surface area (Å²) < 4.78 is 18.5. The van der Waals surface area contributed by atoms with E-state index >= 15 is 0 Å². The van der Waals surface area contributed by atoms with Crippen LogP contribution in [0.2, 0.25) is 0 Å². The lowest BCUT2D eigenvalue weighted by molar-refractivity contribution is -0.136. The van der Waals surface area contributed by atoms with Crippen LogP contribution in [0.15, 0.2) is 48.6 Å². The Morgan fingerprint density at radius 1 is 0.625 bits per heavy atom. The molecule has 0 amide bonds. The second-order valence-corrected chi connectivity index (χ2v) is 4.03. The van der Waals surface area contributed by atoms with Gasteiger partial charge in [0.2, 0.25) is 0 Å². The van der Waals surface area contributed by atoms with Crippen LogP contribution in [0.1, 0.15) is 0 Å². The molecule has 0 aromatic heterocycles. The van der Waals surface area contributed by atoms with E-state index in [-0.39, 0.29) is 11.5 Å². The van der Waals surface area contributed by atoms with Crippen molar-refractivity contribution in [1.29, 1.82) is 0 Å². The van der Waals surface area contributed by atoms with E-state index in [0.29, 0.717) is 0 Å². The van der Waals surface area contributed by atoms with Crippen LogP contribution in [0.3, 0.4) is 0 Å². The molecule has 0 aliphatic carbocycles. The summed E-state index contributed by atoms with van der Waals surface area (Å²) >= 11 is 0. The van der Waals surface area contributed by atoms with Gasteiger partial charge in [-0.3, -0.25) is 0 Å². The molecule has 1 rings (SSSR count). The number of rotatable bonds is 6. The summed E-state index contributed by atoms with van der Waals surface area (Å²) in [5.74, 6) is -2.56. The van der Waals surface area contributed by atoms with Crippen molar-refractivity contribution in [2.75, 3.05) is 14.2 Å². The first kappa shape index (κ1) is 18.6. The van der Waals surface area contributed by atoms with Crippen LogP contribution in [0.5, 0.6) is 11.5 Å². The van der Waals surface area contributed by atoms with Gasteiger partial charge >= 0.3 is 23.9 Å². The molecule has 0 unspecified atom stereocenters. The second-order valence-electron chi connectivity index (χ2n) is 4.03. The Balaban J connectivity index is 2.57. The first-order valence-corrected chi connectivity index (χ1v) is 6.50. The van der Waals surface area contributed by atoms with Crippen LogP contribution >= 0.6 is 0 Å². The van der Waals surface area contributed by atoms with Gasteiger partial charge in [-0.05, 0) is 24.3 Å². The maximum atomic E-state index is 11.4. The maximum Gasteiger partial charge on any atom is 0.336 e. The number of carbonyl (C=O) groups excluding carboxylic acids is 4. The lowest BCUT2D eigenvalue weighted by Crippen LogP contribution is -2.07. The van der Waals surface area contributed by atoms with E-state index in [1.165, 1.54) is 38.5 Å². The zero-order chi connectivity index (χ0) is 17.9. The molecule has 0 N–H and O–H groups in total. The third-order valence-corrected chi connectivity index (χ3v) is 2.37. The van der Waals surface area contributed by atoms with Crippen molar-refractivity contribution in [3.8, 4) is 11.5 Å². The summed E-state index contributed by atoms with van der Waals surface area (Å²) in [4.78, 5) is 44.5. The summed E-state index contributed by atoms with van der Waals surface area (Å²) in [6.07, 6.45) is 3.67. The van der Waals surface area contributed by atoms with Crippen molar-refractivity contribution in [2.45, 2.75) is 0 Å². The predicted molar refractivity (Wildman–Crippen MR) is 80.0 cm³/mol. The van der Waals surface area contributed by atoms with E-state index in [4.69, 9.17) is 9.47 Å². The number of hydrogen-bond donors (Lipinski definition) is 0. The number of ether oxygens (including phenoxy) is 4. The van der Waals surface area contributed by atoms with E-state index in [1.54, 1.807) is 0 Å². The summed E-state index contributed by atoms with van der Waals surface area (Å²) in [6.45, 7) is 0. The molecule has 24 heavy (non-hydrogen) atoms. The Morgan fingerprint density at radius 3 is 1.21 bits per heavy atom. The second kappa shape index (κ2) is 9.57. The lowest BCUT2D eigenvalue weighted by atomic mass is 10.3. The molecule has 0 fully saturated rings. The molecule has 8 heteroatoms. The smallest absolute Gasteiger partial charge is 0.336 e. The largest absolute Gasteiger partial charge is 0.466 e. The van der Waals surface area contributed by atoms with Crippen LogP contribution < -0.4 is 9.47 Å². The van der Waals surface area contributed by atoms with Gasteiger partial charge in [0.25, 0.3) is 0 Å². The number of carbonyl (C=O) groups is 4. The highest BCUT2D eigenvalue weighted by atomic mass is 16.5. The van der Waals surface area contributed by atoms with Crippen molar-refractivity contribution in [3.05, 3.63) is 48.6 Å². The Hall–Kier alpha value is -3.42. The van der Waals surface area contributed by atoms with E-state index in [1.807, 2.05) is 0 Å². The van der Waals surface area contributed by atoms with Gasteiger partial charge in [0.05, 0.1) is 14.2 Å². The Bertz CT molecular complexity index is 611. The fourth-order valence-corrected chi connectivity index (χ4v) is 1.28. The Labute approximate surface area is 137 Å². The number of benzene rings is 1. The monoisotopic (exact) mass is 334 g/mol. The standard InChI is InChI=1S/C16H14O8/c1-21-13(17)7-9-15(19)23-11-3-5-12(6-4-11)24-16(20)10-8-14(18)22-2/h3-10H,1-2H3/b9-7-,10-8-. The van der Waals surface area contributed by atoms with E-state index in [9.17, 15) is 19.2 Å². The maximum absolute atomic E-state index is 11.4. The van der Waals surface area contributed by atoms with Crippen molar-refractivity contribution < 1.29 is 38.1 Å². The highest BCUT2D eigenvalue weighted by Gasteiger charge is 2.05. The zero-order valence-corrected chi connectivity index (χ0v) is 12.9. The van der Waals surface area contributed by atoms with Gasteiger partial charge in [-0.15, -0.1) is 0 Å². The Morgan fingerprint density at radius 2 is 0.917 bits per heavy atom. The molecule has 0 saturated heterocycles. The molecule has 8 nitrogen and oxygen atoms in total. The van der Waals surface area contributed by atoms with Crippen molar-refractivity contribution in [2.24, 2.45) is 0 Å². The normalized spacial score (nSPS) is 10.4. The van der Waals surface area contributed by atoms with E-state index in [0.717, 1.165) is 24.3 Å². The molecule has 0 radical (unpaired) electrons. The summed E-state index contributed by atoms with van der Waals surface area (Å²) in [5.41, 5.74) is 0. The molecule has 0 aliphatic rings. The van der Waals surface area contributed by atoms with Gasteiger partial charge in [-0.25, -0.2) is 19.2 Å². The van der Waals surface area contributed by atoms with Gasteiger partial charge < -0.3 is 18.9 Å². The number of esters is 4. The summed E-state index contributed by atoms with van der Waals surface area (Å²) in [6, 6.07) is 5.54. The van der Waals surface area contributed by atoms with E-state index in [2.05, 4.69) is 9.47 Å². The van der Waals surface area contributed by atoms with Crippen LogP contribution in [0.25, 0.3) is 0 Å². The highest BCUT2D eigenvalue weighted by Crippen LogP contribution is 2.18. The molecular formula is C16H14O8. The van der Waals surface area contributed by atoms with Crippen molar-refractivity contribution >= 4 is 23.9 Å². The minimum Gasteiger partial charge on any atom is -0.466 e. The first-order valence-electron chi connectivity index (χ1n) is 6.50. The van der Waals surface area contributed by atoms with E-state index < -0.39 is 23.9 Å². The molecule has 0 atom stereocenters. The van der Waals surface area contributed by atoms with Gasteiger partial charge in [-0.1, -0.05) is 0 Å². The molecule has 126 valence electrons. The highest BCUT2D eigenvalue weighted by molar-refractivity contribution is 5.93. The third-order valence-electron chi connectivity index (χ3n) is 2.37. The fourth-order valence-electron chi connectivity index (χ4n) is 1.28. The molecule has 0 bridgehead atoms. The molecule has 1 aromatic carbocycles. The Kier molecular flexibility index (Phi) is 7.43. The lowest BCUT2D eigenvalue weighted by Gasteiger charge is -2.04. The average molecular weight is 334 g/mol. The van der Waals surface area contributed by atoms with Gasteiger partial charge in [-0.2, -0.15) is 0 Å². The van der Waals surface area contributed by atoms with Crippen LogP contribution in [-0.4, -0.2) is 38.1 Å². The fraction of sp³-hybridized carbons (Fsp3) is 0.125. The molecule has 0 saturated carbocycles. The minimum atomic E-state index is -0.772. The SMILES string of the molecule is COC(=O)/C=C\C(=O)Oc1ccc(OC(=O)/C=C\C(=O)OC)cc1. The summed E-state index contributed by atoms with van der Waals surface area (Å²) in [7, 11) is 2.36.